The molecule has 0 saturated carbocycles. The first-order valence-electron chi connectivity index (χ1n) is 8.63. The zero-order valence-electron chi connectivity index (χ0n) is 15.7. The van der Waals surface area contributed by atoms with Crippen LogP contribution >= 0.6 is 7.60 Å². The average Bonchev–Trinajstić information content (AvgIpc) is 2.51. The van der Waals surface area contributed by atoms with E-state index < -0.39 is 13.4 Å². The van der Waals surface area contributed by atoms with E-state index >= 15 is 0 Å². The van der Waals surface area contributed by atoms with Gasteiger partial charge >= 0.3 is 7.60 Å². The second-order valence-corrected chi connectivity index (χ2v) is 8.71. The van der Waals surface area contributed by atoms with Crippen molar-refractivity contribution >= 4 is 24.7 Å². The molecule has 7 heteroatoms. The van der Waals surface area contributed by atoms with Gasteiger partial charge < -0.3 is 25.8 Å². The normalized spacial score (nSPS) is 13.2. The van der Waals surface area contributed by atoms with Gasteiger partial charge in [0.2, 0.25) is 0 Å². The quantitative estimate of drug-likeness (QED) is 0.442. The van der Waals surface area contributed by atoms with Crippen LogP contribution in [0.5, 0.6) is 0 Å². The monoisotopic (exact) mass is 377 g/mol. The summed E-state index contributed by atoms with van der Waals surface area (Å²) in [4.78, 5) is 0. The number of hydrogen-bond acceptors (Lipinski definition) is 6. The van der Waals surface area contributed by atoms with Crippen molar-refractivity contribution in [2.24, 2.45) is 0 Å². The van der Waals surface area contributed by atoms with Crippen molar-refractivity contribution in [2.75, 3.05) is 16.8 Å². The Morgan fingerprint density at radius 2 is 1.42 bits per heavy atom. The van der Waals surface area contributed by atoms with Gasteiger partial charge in [0.05, 0.1) is 12.2 Å². The van der Waals surface area contributed by atoms with E-state index in [1.807, 2.05) is 52.0 Å². The maximum Gasteiger partial charge on any atom is 0.357 e. The summed E-state index contributed by atoms with van der Waals surface area (Å²) in [5.74, 6) is -0.724. The van der Waals surface area contributed by atoms with Crippen molar-refractivity contribution in [1.82, 2.24) is 0 Å². The number of benzene rings is 2. The molecule has 0 aromatic heterocycles. The SMILES string of the molecule is CC(C)OP(=O)(OC(C)C)[C@H](Nc1cccc(N)c1)c1cccc(N)c1. The van der Waals surface area contributed by atoms with Crippen molar-refractivity contribution in [3.05, 3.63) is 54.1 Å². The predicted molar refractivity (Wildman–Crippen MR) is 108 cm³/mol. The van der Waals surface area contributed by atoms with Crippen LogP contribution in [0.2, 0.25) is 0 Å². The lowest BCUT2D eigenvalue weighted by Gasteiger charge is -2.31. The van der Waals surface area contributed by atoms with Crippen LogP contribution < -0.4 is 16.8 Å². The summed E-state index contributed by atoms with van der Waals surface area (Å²) in [6.07, 6.45) is -0.545. The smallest absolute Gasteiger partial charge is 0.357 e. The Morgan fingerprint density at radius 1 is 0.885 bits per heavy atom. The lowest BCUT2D eigenvalue weighted by molar-refractivity contribution is 0.138. The topological polar surface area (TPSA) is 99.6 Å². The van der Waals surface area contributed by atoms with E-state index in [1.54, 1.807) is 24.3 Å². The molecule has 2 aromatic rings. The van der Waals surface area contributed by atoms with E-state index in [0.29, 0.717) is 11.4 Å². The minimum atomic E-state index is -3.57. The van der Waals surface area contributed by atoms with Crippen molar-refractivity contribution in [3.63, 3.8) is 0 Å². The minimum Gasteiger partial charge on any atom is -0.399 e. The van der Waals surface area contributed by atoms with E-state index in [-0.39, 0.29) is 12.2 Å². The zero-order valence-corrected chi connectivity index (χ0v) is 16.6. The molecule has 1 atom stereocenters. The second kappa shape index (κ2) is 8.58. The van der Waals surface area contributed by atoms with Gasteiger partial charge in [0, 0.05) is 17.1 Å². The molecule has 2 aromatic carbocycles. The van der Waals surface area contributed by atoms with E-state index in [0.717, 1.165) is 11.3 Å². The molecule has 0 fully saturated rings. The highest BCUT2D eigenvalue weighted by Gasteiger charge is 2.39. The Kier molecular flexibility index (Phi) is 6.70. The molecule has 0 unspecified atom stereocenters. The molecular weight excluding hydrogens is 349 g/mol. The van der Waals surface area contributed by atoms with Gasteiger partial charge in [-0.1, -0.05) is 18.2 Å². The molecule has 0 spiro atoms. The third kappa shape index (κ3) is 5.49. The average molecular weight is 377 g/mol. The molecule has 26 heavy (non-hydrogen) atoms. The van der Waals surface area contributed by atoms with E-state index in [1.165, 1.54) is 0 Å². The van der Waals surface area contributed by atoms with Gasteiger partial charge in [-0.25, -0.2) is 0 Å². The van der Waals surface area contributed by atoms with Crippen molar-refractivity contribution in [1.29, 1.82) is 0 Å². The van der Waals surface area contributed by atoms with Crippen molar-refractivity contribution in [3.8, 4) is 0 Å². The number of anilines is 3. The molecule has 142 valence electrons. The largest absolute Gasteiger partial charge is 0.399 e. The molecular formula is C19H28N3O3P. The summed E-state index contributed by atoms with van der Waals surface area (Å²) in [5.41, 5.74) is 14.4. The molecule has 5 N–H and O–H groups in total. The third-order valence-corrected chi connectivity index (χ3v) is 5.94. The van der Waals surface area contributed by atoms with Gasteiger partial charge in [-0.05, 0) is 63.6 Å². The van der Waals surface area contributed by atoms with Crippen molar-refractivity contribution < 1.29 is 13.6 Å². The van der Waals surface area contributed by atoms with E-state index in [2.05, 4.69) is 5.32 Å². The molecule has 0 heterocycles. The summed E-state index contributed by atoms with van der Waals surface area (Å²) in [6, 6.07) is 14.4. The zero-order chi connectivity index (χ0) is 19.3. The molecule has 6 nitrogen and oxygen atoms in total. The summed E-state index contributed by atoms with van der Waals surface area (Å²) in [6.45, 7) is 7.31. The fourth-order valence-corrected chi connectivity index (χ4v) is 4.90. The number of nitrogen functional groups attached to an aromatic ring is 2. The van der Waals surface area contributed by atoms with Gasteiger partial charge in [-0.3, -0.25) is 4.57 Å². The fourth-order valence-electron chi connectivity index (χ4n) is 2.59. The van der Waals surface area contributed by atoms with Crippen LogP contribution in [-0.2, 0) is 13.6 Å². The van der Waals surface area contributed by atoms with Gasteiger partial charge in [0.25, 0.3) is 0 Å². The summed E-state index contributed by atoms with van der Waals surface area (Å²) in [5, 5.41) is 3.27. The maximum absolute atomic E-state index is 13.8. The van der Waals surface area contributed by atoms with Crippen LogP contribution in [0, 0.1) is 0 Å². The molecule has 0 amide bonds. The highest BCUT2D eigenvalue weighted by atomic mass is 31.2. The van der Waals surface area contributed by atoms with Gasteiger partial charge in [-0.15, -0.1) is 0 Å². The minimum absolute atomic E-state index is 0.272. The number of rotatable bonds is 8. The van der Waals surface area contributed by atoms with Crippen LogP contribution in [0.25, 0.3) is 0 Å². The summed E-state index contributed by atoms with van der Waals surface area (Å²) < 4.78 is 25.4. The number of hydrogen-bond donors (Lipinski definition) is 3. The molecule has 2 rings (SSSR count). The summed E-state index contributed by atoms with van der Waals surface area (Å²) in [7, 11) is -3.57. The fraction of sp³-hybridized carbons (Fsp3) is 0.368. The first-order valence-corrected chi connectivity index (χ1v) is 10.2. The summed E-state index contributed by atoms with van der Waals surface area (Å²) >= 11 is 0. The van der Waals surface area contributed by atoms with Crippen LogP contribution in [0.3, 0.4) is 0 Å². The highest BCUT2D eigenvalue weighted by molar-refractivity contribution is 7.54. The Labute approximate surface area is 155 Å². The Balaban J connectivity index is 2.51. The van der Waals surface area contributed by atoms with Gasteiger partial charge in [0.1, 0.15) is 0 Å². The lowest BCUT2D eigenvalue weighted by atomic mass is 10.2. The number of nitrogens with one attached hydrogen (secondary N) is 1. The predicted octanol–water partition coefficient (Wildman–Crippen LogP) is 5.00. The second-order valence-electron chi connectivity index (χ2n) is 6.69. The number of nitrogens with two attached hydrogens (primary N) is 2. The Hall–Kier alpha value is -2.01. The Bertz CT molecular complexity index is 766. The first kappa shape index (κ1) is 20.3. The molecule has 0 saturated heterocycles. The third-order valence-electron chi connectivity index (χ3n) is 3.45. The molecule has 0 aliphatic rings. The van der Waals surface area contributed by atoms with Crippen LogP contribution in [-0.4, -0.2) is 12.2 Å². The van der Waals surface area contributed by atoms with Crippen molar-refractivity contribution in [2.45, 2.75) is 45.7 Å². The molecule has 0 radical (unpaired) electrons. The highest BCUT2D eigenvalue weighted by Crippen LogP contribution is 2.62. The van der Waals surface area contributed by atoms with Crippen LogP contribution in [0.1, 0.15) is 39.0 Å². The van der Waals surface area contributed by atoms with Crippen LogP contribution in [0.15, 0.2) is 48.5 Å². The van der Waals surface area contributed by atoms with E-state index in [4.69, 9.17) is 20.5 Å². The van der Waals surface area contributed by atoms with Crippen LogP contribution in [0.4, 0.5) is 17.1 Å². The molecule has 0 aliphatic heterocycles. The maximum atomic E-state index is 13.8. The van der Waals surface area contributed by atoms with Gasteiger partial charge in [0.15, 0.2) is 5.78 Å². The van der Waals surface area contributed by atoms with E-state index in [9.17, 15) is 4.57 Å². The standard InChI is InChI=1S/C19H28N3O3P/c1-13(2)24-26(23,25-14(3)4)19(15-7-5-8-16(20)11-15)22-18-10-6-9-17(21)12-18/h5-14,19,22H,20-21H2,1-4H3/t19-/m0/s1. The molecule has 0 aliphatic carbocycles. The van der Waals surface area contributed by atoms with Gasteiger partial charge in [-0.2, -0.15) is 0 Å². The molecule has 0 bridgehead atoms. The Morgan fingerprint density at radius 3 is 1.92 bits per heavy atom. The lowest BCUT2D eigenvalue weighted by Crippen LogP contribution is -2.19. The first-order chi connectivity index (χ1) is 12.2.